The van der Waals surface area contributed by atoms with Crippen LogP contribution >= 0.6 is 0 Å². The third-order valence-corrected chi connectivity index (χ3v) is 2.81. The van der Waals surface area contributed by atoms with Crippen LogP contribution in [0.1, 0.15) is 30.6 Å². The van der Waals surface area contributed by atoms with E-state index in [1.807, 2.05) is 6.92 Å². The second kappa shape index (κ2) is 5.24. The average molecular weight is 211 g/mol. The summed E-state index contributed by atoms with van der Waals surface area (Å²) in [6, 6.07) is 5.06. The summed E-state index contributed by atoms with van der Waals surface area (Å²) in [5.41, 5.74) is 6.44. The Balaban J connectivity index is 2.99. The number of benzene rings is 1. The van der Waals surface area contributed by atoms with Crippen LogP contribution in [-0.2, 0) is 0 Å². The molecule has 0 aliphatic carbocycles. The van der Waals surface area contributed by atoms with Crippen LogP contribution in [0.4, 0.5) is 4.39 Å². The summed E-state index contributed by atoms with van der Waals surface area (Å²) in [5, 5.41) is 9.97. The van der Waals surface area contributed by atoms with Gasteiger partial charge in [-0.15, -0.1) is 0 Å². The molecule has 3 heteroatoms. The van der Waals surface area contributed by atoms with E-state index in [1.165, 1.54) is 0 Å². The van der Waals surface area contributed by atoms with Gasteiger partial charge in [-0.25, -0.2) is 4.39 Å². The number of rotatable bonds is 4. The van der Waals surface area contributed by atoms with Crippen molar-refractivity contribution in [1.29, 1.82) is 0 Å². The van der Waals surface area contributed by atoms with E-state index in [0.717, 1.165) is 6.42 Å². The van der Waals surface area contributed by atoms with Crippen molar-refractivity contribution in [3.63, 3.8) is 0 Å². The molecule has 1 aromatic rings. The molecule has 15 heavy (non-hydrogen) atoms. The molecule has 0 fully saturated rings. The van der Waals surface area contributed by atoms with Crippen LogP contribution in [0.2, 0.25) is 0 Å². The van der Waals surface area contributed by atoms with Crippen molar-refractivity contribution in [1.82, 2.24) is 0 Å². The van der Waals surface area contributed by atoms with Gasteiger partial charge >= 0.3 is 0 Å². The summed E-state index contributed by atoms with van der Waals surface area (Å²) in [4.78, 5) is 0. The first kappa shape index (κ1) is 12.1. The van der Waals surface area contributed by atoms with Gasteiger partial charge < -0.3 is 10.8 Å². The molecule has 0 spiro atoms. The highest BCUT2D eigenvalue weighted by Crippen LogP contribution is 2.27. The van der Waals surface area contributed by atoms with Gasteiger partial charge in [0.1, 0.15) is 5.82 Å². The van der Waals surface area contributed by atoms with Gasteiger partial charge in [-0.05, 0) is 25.5 Å². The third kappa shape index (κ3) is 2.55. The smallest absolute Gasteiger partial charge is 0.131 e. The van der Waals surface area contributed by atoms with E-state index in [1.54, 1.807) is 25.1 Å². The molecule has 84 valence electrons. The van der Waals surface area contributed by atoms with E-state index in [2.05, 4.69) is 0 Å². The van der Waals surface area contributed by atoms with Gasteiger partial charge in [0.25, 0.3) is 0 Å². The zero-order valence-electron chi connectivity index (χ0n) is 9.20. The van der Waals surface area contributed by atoms with Gasteiger partial charge in [0, 0.05) is 11.5 Å². The van der Waals surface area contributed by atoms with Crippen molar-refractivity contribution in [2.24, 2.45) is 11.7 Å². The Morgan fingerprint density at radius 1 is 1.47 bits per heavy atom. The van der Waals surface area contributed by atoms with Gasteiger partial charge in [-0.2, -0.15) is 0 Å². The van der Waals surface area contributed by atoms with E-state index in [9.17, 15) is 9.50 Å². The summed E-state index contributed by atoms with van der Waals surface area (Å²) < 4.78 is 13.7. The second-order valence-electron chi connectivity index (χ2n) is 3.83. The minimum absolute atomic E-state index is 0.0821. The van der Waals surface area contributed by atoms with Crippen LogP contribution in [-0.4, -0.2) is 11.7 Å². The lowest BCUT2D eigenvalue weighted by atomic mass is 9.92. The van der Waals surface area contributed by atoms with Crippen LogP contribution in [0.5, 0.6) is 0 Å². The Bertz CT molecular complexity index is 323. The van der Waals surface area contributed by atoms with E-state index in [4.69, 9.17) is 5.73 Å². The first-order chi connectivity index (χ1) is 7.11. The first-order valence-corrected chi connectivity index (χ1v) is 5.25. The van der Waals surface area contributed by atoms with E-state index in [-0.39, 0.29) is 11.7 Å². The molecule has 2 nitrogen and oxygen atoms in total. The number of hydrogen-bond acceptors (Lipinski definition) is 2. The van der Waals surface area contributed by atoms with E-state index < -0.39 is 6.10 Å². The topological polar surface area (TPSA) is 46.2 Å². The van der Waals surface area contributed by atoms with Crippen molar-refractivity contribution in [2.75, 3.05) is 6.54 Å². The fraction of sp³-hybridized carbons (Fsp3) is 0.500. The van der Waals surface area contributed by atoms with Gasteiger partial charge in [0.2, 0.25) is 0 Å². The minimum atomic E-state index is -0.806. The normalized spacial score (nSPS) is 15.0. The fourth-order valence-corrected chi connectivity index (χ4v) is 1.67. The molecule has 0 radical (unpaired) electrons. The molecule has 1 rings (SSSR count). The predicted octanol–water partition coefficient (Wildman–Crippen LogP) is 2.15. The van der Waals surface area contributed by atoms with Gasteiger partial charge in [0.15, 0.2) is 0 Å². The van der Waals surface area contributed by atoms with Gasteiger partial charge in [0.05, 0.1) is 6.10 Å². The summed E-state index contributed by atoms with van der Waals surface area (Å²) in [5.74, 6) is -0.404. The second-order valence-corrected chi connectivity index (χ2v) is 3.83. The number of hydrogen-bond donors (Lipinski definition) is 2. The van der Waals surface area contributed by atoms with Crippen molar-refractivity contribution in [2.45, 2.75) is 26.4 Å². The Morgan fingerprint density at radius 2 is 2.13 bits per heavy atom. The molecule has 0 saturated carbocycles. The Labute approximate surface area is 89.9 Å². The van der Waals surface area contributed by atoms with E-state index in [0.29, 0.717) is 17.7 Å². The number of aryl methyl sites for hydroxylation is 1. The zero-order chi connectivity index (χ0) is 11.4. The van der Waals surface area contributed by atoms with Gasteiger partial charge in [-0.1, -0.05) is 25.1 Å². The highest BCUT2D eigenvalue weighted by atomic mass is 19.1. The minimum Gasteiger partial charge on any atom is -0.388 e. The molecular weight excluding hydrogens is 193 g/mol. The van der Waals surface area contributed by atoms with Crippen molar-refractivity contribution in [3.05, 3.63) is 35.1 Å². The number of aliphatic hydroxyl groups is 1. The standard InChI is InChI=1S/C12H18FNO/c1-3-9(7-14)12(15)10-6-4-5-8(2)11(10)13/h4-6,9,12,15H,3,7,14H2,1-2H3. The molecule has 2 atom stereocenters. The van der Waals surface area contributed by atoms with Crippen molar-refractivity contribution in [3.8, 4) is 0 Å². The molecular formula is C12H18FNO. The van der Waals surface area contributed by atoms with Crippen LogP contribution in [0.15, 0.2) is 18.2 Å². The fourth-order valence-electron chi connectivity index (χ4n) is 1.67. The maximum absolute atomic E-state index is 13.7. The molecule has 1 aromatic carbocycles. The molecule has 0 heterocycles. The maximum atomic E-state index is 13.7. The molecule has 0 amide bonds. The Hall–Kier alpha value is -0.930. The molecule has 0 aliphatic heterocycles. The number of halogens is 1. The quantitative estimate of drug-likeness (QED) is 0.801. The van der Waals surface area contributed by atoms with Crippen LogP contribution in [0.25, 0.3) is 0 Å². The molecule has 0 aromatic heterocycles. The SMILES string of the molecule is CCC(CN)C(O)c1cccc(C)c1F. The highest BCUT2D eigenvalue weighted by molar-refractivity contribution is 5.27. The molecule has 3 N–H and O–H groups in total. The van der Waals surface area contributed by atoms with E-state index >= 15 is 0 Å². The lowest BCUT2D eigenvalue weighted by Gasteiger charge is -2.21. The van der Waals surface area contributed by atoms with Crippen molar-refractivity contribution >= 4 is 0 Å². The summed E-state index contributed by atoms with van der Waals surface area (Å²) in [6.07, 6.45) is -0.0645. The average Bonchev–Trinajstić information content (AvgIpc) is 2.23. The molecule has 0 aliphatic rings. The number of nitrogens with two attached hydrogens (primary N) is 1. The monoisotopic (exact) mass is 211 g/mol. The molecule has 0 bridgehead atoms. The van der Waals surface area contributed by atoms with Crippen LogP contribution < -0.4 is 5.73 Å². The summed E-state index contributed by atoms with van der Waals surface area (Å²) in [7, 11) is 0. The molecule has 2 unspecified atom stereocenters. The summed E-state index contributed by atoms with van der Waals surface area (Å²) in [6.45, 7) is 3.99. The highest BCUT2D eigenvalue weighted by Gasteiger charge is 2.21. The maximum Gasteiger partial charge on any atom is 0.131 e. The van der Waals surface area contributed by atoms with Crippen LogP contribution in [0.3, 0.4) is 0 Å². The summed E-state index contributed by atoms with van der Waals surface area (Å²) >= 11 is 0. The zero-order valence-corrected chi connectivity index (χ0v) is 9.20. The molecule has 0 saturated heterocycles. The Morgan fingerprint density at radius 3 is 2.67 bits per heavy atom. The lowest BCUT2D eigenvalue weighted by Crippen LogP contribution is -2.22. The first-order valence-electron chi connectivity index (χ1n) is 5.25. The predicted molar refractivity (Wildman–Crippen MR) is 58.9 cm³/mol. The lowest BCUT2D eigenvalue weighted by molar-refractivity contribution is 0.106. The third-order valence-electron chi connectivity index (χ3n) is 2.81. The Kier molecular flexibility index (Phi) is 4.24. The van der Waals surface area contributed by atoms with Crippen LogP contribution in [0, 0.1) is 18.7 Å². The van der Waals surface area contributed by atoms with Crippen molar-refractivity contribution < 1.29 is 9.50 Å². The largest absolute Gasteiger partial charge is 0.388 e. The number of aliphatic hydroxyl groups excluding tert-OH is 1. The van der Waals surface area contributed by atoms with Gasteiger partial charge in [-0.3, -0.25) is 0 Å².